The summed E-state index contributed by atoms with van der Waals surface area (Å²) in [5.74, 6) is -0.233. The number of aromatic nitrogens is 3. The maximum Gasteiger partial charge on any atom is 0.417 e. The Balaban J connectivity index is 1.47. The van der Waals surface area contributed by atoms with Gasteiger partial charge in [0.05, 0.1) is 11.3 Å². The number of pyridine rings is 1. The van der Waals surface area contributed by atoms with Crippen molar-refractivity contribution in [3.05, 3.63) is 94.7 Å². The SMILES string of the molecule is CCCCc1cc(C(F)(F)F)cnc1-c1nnc(N[C@H]2N=C(c3ccccc3)c3ccccc3CC2=O)o1. The summed E-state index contributed by atoms with van der Waals surface area (Å²) in [6.07, 6.45) is -2.78. The van der Waals surface area contributed by atoms with Crippen LogP contribution in [0.15, 0.2) is 76.3 Å². The van der Waals surface area contributed by atoms with Crippen LogP contribution >= 0.6 is 0 Å². The molecule has 0 fully saturated rings. The lowest BCUT2D eigenvalue weighted by Gasteiger charge is -2.12. The van der Waals surface area contributed by atoms with Crippen LogP contribution in [0.3, 0.4) is 0 Å². The second-order valence-electron chi connectivity index (χ2n) is 8.94. The Morgan fingerprint density at radius 2 is 1.82 bits per heavy atom. The number of benzene rings is 2. The van der Waals surface area contributed by atoms with Crippen molar-refractivity contribution in [2.45, 2.75) is 44.9 Å². The zero-order chi connectivity index (χ0) is 26.7. The van der Waals surface area contributed by atoms with Gasteiger partial charge < -0.3 is 9.73 Å². The summed E-state index contributed by atoms with van der Waals surface area (Å²) in [7, 11) is 0. The summed E-state index contributed by atoms with van der Waals surface area (Å²) >= 11 is 0. The number of nitrogens with zero attached hydrogens (tertiary/aromatic N) is 4. The molecule has 1 N–H and O–H groups in total. The summed E-state index contributed by atoms with van der Waals surface area (Å²) in [6, 6.07) is 18.1. The van der Waals surface area contributed by atoms with Crippen molar-refractivity contribution in [1.82, 2.24) is 15.2 Å². The van der Waals surface area contributed by atoms with Crippen LogP contribution < -0.4 is 5.32 Å². The van der Waals surface area contributed by atoms with E-state index in [9.17, 15) is 18.0 Å². The molecule has 0 bridgehead atoms. The number of carbonyl (C=O) groups excluding carboxylic acids is 1. The average molecular weight is 520 g/mol. The van der Waals surface area contributed by atoms with Crippen LogP contribution in [0.1, 0.15) is 47.6 Å². The number of hydrogen-bond donors (Lipinski definition) is 1. The molecule has 194 valence electrons. The van der Waals surface area contributed by atoms with Gasteiger partial charge in [-0.1, -0.05) is 73.0 Å². The maximum absolute atomic E-state index is 13.3. The largest absolute Gasteiger partial charge is 0.417 e. The molecule has 2 aromatic heterocycles. The summed E-state index contributed by atoms with van der Waals surface area (Å²) < 4.78 is 45.5. The van der Waals surface area contributed by atoms with Crippen molar-refractivity contribution >= 4 is 17.5 Å². The van der Waals surface area contributed by atoms with E-state index in [1.807, 2.05) is 61.5 Å². The first kappa shape index (κ1) is 25.3. The van der Waals surface area contributed by atoms with Crippen molar-refractivity contribution in [3.63, 3.8) is 0 Å². The Kier molecular flexibility index (Phi) is 7.04. The number of alkyl halides is 3. The highest BCUT2D eigenvalue weighted by Gasteiger charge is 2.32. The van der Waals surface area contributed by atoms with E-state index in [0.29, 0.717) is 24.1 Å². The molecule has 2 aromatic carbocycles. The fraction of sp³-hybridized carbons (Fsp3) is 0.250. The molecular formula is C28H24F3N5O2. The Morgan fingerprint density at radius 1 is 1.05 bits per heavy atom. The van der Waals surface area contributed by atoms with E-state index in [1.165, 1.54) is 0 Å². The minimum Gasteiger partial charge on any atom is -0.402 e. The Labute approximate surface area is 216 Å². The molecule has 0 aliphatic carbocycles. The van der Waals surface area contributed by atoms with E-state index in [4.69, 9.17) is 9.41 Å². The number of aliphatic imine (C=N–C) groups is 1. The topological polar surface area (TPSA) is 93.3 Å². The minimum atomic E-state index is -4.51. The van der Waals surface area contributed by atoms with E-state index in [1.54, 1.807) is 0 Å². The molecule has 7 nitrogen and oxygen atoms in total. The molecule has 0 amide bonds. The summed E-state index contributed by atoms with van der Waals surface area (Å²) in [4.78, 5) is 21.9. The van der Waals surface area contributed by atoms with Crippen LogP contribution in [-0.2, 0) is 23.8 Å². The number of unbranched alkanes of at least 4 members (excludes halogenated alkanes) is 1. The lowest BCUT2D eigenvalue weighted by atomic mass is 9.96. The van der Waals surface area contributed by atoms with Gasteiger partial charge in [-0.05, 0) is 30.0 Å². The molecule has 10 heteroatoms. The van der Waals surface area contributed by atoms with Crippen molar-refractivity contribution in [3.8, 4) is 11.6 Å². The van der Waals surface area contributed by atoms with Gasteiger partial charge in [0.1, 0.15) is 5.69 Å². The van der Waals surface area contributed by atoms with E-state index >= 15 is 0 Å². The van der Waals surface area contributed by atoms with Gasteiger partial charge in [0.2, 0.25) is 0 Å². The van der Waals surface area contributed by atoms with E-state index in [0.717, 1.165) is 35.4 Å². The van der Waals surface area contributed by atoms with Gasteiger partial charge in [-0.2, -0.15) is 13.2 Å². The lowest BCUT2D eigenvalue weighted by Crippen LogP contribution is -2.29. The summed E-state index contributed by atoms with van der Waals surface area (Å²) in [5, 5.41) is 10.9. The first-order valence-corrected chi connectivity index (χ1v) is 12.2. The molecule has 1 atom stereocenters. The summed E-state index contributed by atoms with van der Waals surface area (Å²) in [6.45, 7) is 1.95. The molecule has 1 aliphatic rings. The van der Waals surface area contributed by atoms with Crippen LogP contribution in [0.25, 0.3) is 11.6 Å². The van der Waals surface area contributed by atoms with Gasteiger partial charge in [0.15, 0.2) is 11.9 Å². The van der Waals surface area contributed by atoms with Gasteiger partial charge in [-0.3, -0.25) is 14.8 Å². The lowest BCUT2D eigenvalue weighted by molar-refractivity contribution is -0.137. The molecule has 0 spiro atoms. The quantitative estimate of drug-likeness (QED) is 0.327. The third-order valence-electron chi connectivity index (χ3n) is 6.23. The van der Waals surface area contributed by atoms with Gasteiger partial charge in [-0.15, -0.1) is 5.10 Å². The highest BCUT2D eigenvalue weighted by molar-refractivity contribution is 6.16. The van der Waals surface area contributed by atoms with Crippen LogP contribution in [-0.4, -0.2) is 32.8 Å². The number of nitrogens with one attached hydrogen (secondary N) is 1. The fourth-order valence-electron chi connectivity index (χ4n) is 4.31. The highest BCUT2D eigenvalue weighted by atomic mass is 19.4. The first-order valence-electron chi connectivity index (χ1n) is 12.2. The molecule has 0 radical (unpaired) electrons. The third kappa shape index (κ3) is 5.34. The standard InChI is InChI=1S/C28H24F3N5O2/c1-2-3-9-19-14-20(28(29,30)31)16-32-24(19)26-35-36-27(38-26)34-25-22(37)15-18-12-7-8-13-21(18)23(33-25)17-10-5-4-6-11-17/h4-8,10-14,16,25H,2-3,9,15H2,1H3,(H,34,36)/t25-/m1/s1. The van der Waals surface area contributed by atoms with Crippen LogP contribution in [0.4, 0.5) is 19.2 Å². The number of hydrogen-bond acceptors (Lipinski definition) is 7. The second kappa shape index (κ2) is 10.6. The maximum atomic E-state index is 13.3. The van der Waals surface area contributed by atoms with Gasteiger partial charge in [0, 0.05) is 23.7 Å². The van der Waals surface area contributed by atoms with Gasteiger partial charge in [0.25, 0.3) is 5.89 Å². The Morgan fingerprint density at radius 3 is 2.58 bits per heavy atom. The molecule has 4 aromatic rings. The molecule has 0 unspecified atom stereocenters. The third-order valence-corrected chi connectivity index (χ3v) is 6.23. The van der Waals surface area contributed by atoms with Crippen LogP contribution in [0.5, 0.6) is 0 Å². The normalized spacial score (nSPS) is 15.5. The van der Waals surface area contributed by atoms with Gasteiger partial charge >= 0.3 is 12.2 Å². The van der Waals surface area contributed by atoms with Gasteiger partial charge in [-0.25, -0.2) is 0 Å². The number of fused-ring (bicyclic) bond motifs is 1. The predicted molar refractivity (Wildman–Crippen MR) is 136 cm³/mol. The van der Waals surface area contributed by atoms with E-state index in [2.05, 4.69) is 20.5 Å². The van der Waals surface area contributed by atoms with E-state index in [-0.39, 0.29) is 29.8 Å². The van der Waals surface area contributed by atoms with Crippen molar-refractivity contribution in [2.24, 2.45) is 4.99 Å². The fourth-order valence-corrected chi connectivity index (χ4v) is 4.31. The molecule has 38 heavy (non-hydrogen) atoms. The number of carbonyl (C=O) groups is 1. The van der Waals surface area contributed by atoms with Crippen LogP contribution in [0.2, 0.25) is 0 Å². The first-order chi connectivity index (χ1) is 18.3. The number of aryl methyl sites for hydroxylation is 1. The van der Waals surface area contributed by atoms with Crippen molar-refractivity contribution < 1.29 is 22.4 Å². The van der Waals surface area contributed by atoms with E-state index < -0.39 is 17.9 Å². The minimum absolute atomic E-state index is 0.0380. The zero-order valence-corrected chi connectivity index (χ0v) is 20.5. The molecule has 5 rings (SSSR count). The molecule has 0 saturated carbocycles. The number of anilines is 1. The molecule has 1 aliphatic heterocycles. The second-order valence-corrected chi connectivity index (χ2v) is 8.94. The Hall–Kier alpha value is -4.34. The monoisotopic (exact) mass is 519 g/mol. The highest BCUT2D eigenvalue weighted by Crippen LogP contribution is 2.33. The van der Waals surface area contributed by atoms with Crippen LogP contribution in [0, 0.1) is 0 Å². The zero-order valence-electron chi connectivity index (χ0n) is 20.5. The predicted octanol–water partition coefficient (Wildman–Crippen LogP) is 5.89. The smallest absolute Gasteiger partial charge is 0.402 e. The number of Topliss-reactive ketones (excluding diaryl/α,β-unsaturated/α-hetero) is 1. The molecule has 0 saturated heterocycles. The molecular weight excluding hydrogens is 495 g/mol. The Bertz CT molecular complexity index is 1480. The van der Waals surface area contributed by atoms with Crippen molar-refractivity contribution in [2.75, 3.05) is 5.32 Å². The molecule has 3 heterocycles. The average Bonchev–Trinajstić information content (AvgIpc) is 3.33. The van der Waals surface area contributed by atoms with Crippen molar-refractivity contribution in [1.29, 1.82) is 0 Å². The number of ketones is 1. The number of halogens is 3. The number of rotatable bonds is 7. The summed E-state index contributed by atoms with van der Waals surface area (Å²) in [5.41, 5.74) is 2.92.